The summed E-state index contributed by atoms with van der Waals surface area (Å²) in [6.45, 7) is 0. The zero-order valence-electron chi connectivity index (χ0n) is 38.1. The number of nitrogens with zero attached hydrogens (tertiary/aromatic N) is 3. The molecule has 16 rings (SSSR count). The zero-order valence-corrected chi connectivity index (χ0v) is 38.1. The van der Waals surface area contributed by atoms with Crippen LogP contribution in [-0.4, -0.2) is 15.0 Å². The molecule has 2 heterocycles. The van der Waals surface area contributed by atoms with Crippen molar-refractivity contribution in [1.29, 1.82) is 0 Å². The molecule has 0 saturated heterocycles. The second-order valence-corrected chi connectivity index (χ2v) is 20.3. The topological polar surface area (TPSA) is 47.9 Å². The molecule has 0 amide bonds. The molecule has 69 heavy (non-hydrogen) atoms. The van der Waals surface area contributed by atoms with Gasteiger partial charge in [-0.15, -0.1) is 0 Å². The molecule has 4 aliphatic carbocycles. The van der Waals surface area contributed by atoms with Crippen LogP contribution < -0.4 is 4.74 Å². The summed E-state index contributed by atoms with van der Waals surface area (Å²) in [6.07, 6.45) is 6.72. The van der Waals surface area contributed by atoms with Crippen molar-refractivity contribution in [3.05, 3.63) is 211 Å². The number of benzene rings is 10. The van der Waals surface area contributed by atoms with Crippen molar-refractivity contribution in [2.75, 3.05) is 0 Å². The van der Waals surface area contributed by atoms with Crippen LogP contribution >= 0.6 is 0 Å². The lowest BCUT2D eigenvalue weighted by Gasteiger charge is -2.63. The fourth-order valence-corrected chi connectivity index (χ4v) is 14.1. The van der Waals surface area contributed by atoms with Gasteiger partial charge in [0.25, 0.3) is 0 Å². The molecule has 10 aromatic carbocycles. The summed E-state index contributed by atoms with van der Waals surface area (Å²) in [6, 6.07) is 72.7. The van der Waals surface area contributed by atoms with Crippen LogP contribution in [0.1, 0.15) is 43.2 Å². The first-order valence-corrected chi connectivity index (χ1v) is 24.8. The number of ether oxygens (including phenoxy) is 1. The van der Waals surface area contributed by atoms with E-state index in [0.29, 0.717) is 29.3 Å². The van der Waals surface area contributed by atoms with Gasteiger partial charge in [0.1, 0.15) is 11.5 Å². The average Bonchev–Trinajstić information content (AvgIpc) is 3.41. The number of para-hydroxylation sites is 1. The summed E-state index contributed by atoms with van der Waals surface area (Å²) in [4.78, 5) is 15.8. The van der Waals surface area contributed by atoms with Crippen molar-refractivity contribution in [2.24, 2.45) is 23.7 Å². The molecular formula is C65H47N3O. The van der Waals surface area contributed by atoms with Crippen molar-refractivity contribution in [1.82, 2.24) is 15.0 Å². The van der Waals surface area contributed by atoms with Crippen LogP contribution in [0.2, 0.25) is 0 Å². The molecule has 11 aromatic rings. The summed E-state index contributed by atoms with van der Waals surface area (Å²) in [5, 5.41) is 9.87. The minimum atomic E-state index is -0.0205. The Bertz CT molecular complexity index is 3850. The average molecular weight is 886 g/mol. The maximum atomic E-state index is 6.82. The van der Waals surface area contributed by atoms with E-state index in [4.69, 9.17) is 19.7 Å². The van der Waals surface area contributed by atoms with Gasteiger partial charge in [-0.2, -0.15) is 0 Å². The van der Waals surface area contributed by atoms with Crippen molar-refractivity contribution in [3.63, 3.8) is 0 Å². The Hall–Kier alpha value is -7.95. The van der Waals surface area contributed by atoms with Gasteiger partial charge < -0.3 is 4.74 Å². The predicted octanol–water partition coefficient (Wildman–Crippen LogP) is 16.7. The van der Waals surface area contributed by atoms with E-state index in [1.807, 2.05) is 18.2 Å². The Balaban J connectivity index is 0.860. The second-order valence-electron chi connectivity index (χ2n) is 20.3. The molecule has 4 heteroatoms. The van der Waals surface area contributed by atoms with Gasteiger partial charge >= 0.3 is 0 Å². The third kappa shape index (κ3) is 5.91. The highest BCUT2D eigenvalue weighted by molar-refractivity contribution is 6.25. The van der Waals surface area contributed by atoms with Gasteiger partial charge in [-0.1, -0.05) is 164 Å². The van der Waals surface area contributed by atoms with Crippen molar-refractivity contribution in [3.8, 4) is 67.9 Å². The first-order valence-electron chi connectivity index (χ1n) is 24.8. The molecule has 4 bridgehead atoms. The lowest BCUT2D eigenvalue weighted by atomic mass is 9.41. The molecule has 4 fully saturated rings. The minimum absolute atomic E-state index is 0.0205. The molecule has 328 valence electrons. The number of rotatable bonds is 5. The monoisotopic (exact) mass is 885 g/mol. The number of fused-ring (bicyclic) bond motifs is 9. The molecular weight excluding hydrogens is 839 g/mol. The smallest absolute Gasteiger partial charge is 0.164 e. The summed E-state index contributed by atoms with van der Waals surface area (Å²) in [5.74, 6) is 7.03. The van der Waals surface area contributed by atoms with E-state index in [9.17, 15) is 0 Å². The van der Waals surface area contributed by atoms with E-state index in [1.165, 1.54) is 92.1 Å². The summed E-state index contributed by atoms with van der Waals surface area (Å²) in [5.41, 5.74) is 10.3. The zero-order chi connectivity index (χ0) is 45.2. The van der Waals surface area contributed by atoms with Crippen LogP contribution in [0, 0.1) is 23.7 Å². The summed E-state index contributed by atoms with van der Waals surface area (Å²) >= 11 is 0. The van der Waals surface area contributed by atoms with Crippen LogP contribution in [0.4, 0.5) is 0 Å². The minimum Gasteiger partial charge on any atom is -0.457 e. The molecule has 0 atom stereocenters. The first kappa shape index (κ1) is 39.1. The Labute approximate surface area is 401 Å². The molecule has 0 N–H and O–H groups in total. The van der Waals surface area contributed by atoms with Gasteiger partial charge in [0.15, 0.2) is 17.5 Å². The molecule has 4 saturated carbocycles. The van der Waals surface area contributed by atoms with Crippen molar-refractivity contribution < 1.29 is 4.74 Å². The molecule has 4 nitrogen and oxygen atoms in total. The Morgan fingerprint density at radius 1 is 0.319 bits per heavy atom. The highest BCUT2D eigenvalue weighted by Gasteiger charge is 2.61. The van der Waals surface area contributed by atoms with Gasteiger partial charge in [-0.25, -0.2) is 15.0 Å². The van der Waals surface area contributed by atoms with Crippen molar-refractivity contribution >= 4 is 43.1 Å². The van der Waals surface area contributed by atoms with E-state index in [1.54, 1.807) is 0 Å². The summed E-state index contributed by atoms with van der Waals surface area (Å²) < 4.78 is 6.82. The lowest BCUT2D eigenvalue weighted by molar-refractivity contribution is -0.0452. The molecule has 1 aromatic heterocycles. The summed E-state index contributed by atoms with van der Waals surface area (Å²) in [7, 11) is 0. The highest BCUT2D eigenvalue weighted by Crippen LogP contribution is 2.69. The molecule has 0 radical (unpaired) electrons. The SMILES string of the molecule is c1ccc(-c2nc(-c3cccc(-c4ccc5c6ccccc6c6ccccc6c5c4)c3)nc(-c3ccc(-c4ccc5c(c4)C4(c6ccccc6O5)C5CC6CC(C5)CC4C6)c4ccccc34)n2)cc1. The van der Waals surface area contributed by atoms with Gasteiger partial charge in [-0.3, -0.25) is 0 Å². The van der Waals surface area contributed by atoms with E-state index in [2.05, 4.69) is 182 Å². The molecule has 1 spiro atoms. The molecule has 5 aliphatic rings. The van der Waals surface area contributed by atoms with Gasteiger partial charge in [-0.05, 0) is 158 Å². The van der Waals surface area contributed by atoms with Crippen LogP contribution in [0.3, 0.4) is 0 Å². The van der Waals surface area contributed by atoms with Crippen LogP contribution in [0.15, 0.2) is 200 Å². The second kappa shape index (κ2) is 15.0. The number of aromatic nitrogens is 3. The standard InChI is InChI=1S/C65H47N3O/c1-2-13-41(14-3-1)62-66-63(45-16-12-15-42(36-45)43-25-27-55-52-20-6-5-18-50(52)51-19-7-9-22-54(51)57(55)37-43)68-64(67-62)56-29-28-48(49-17-4-8-21-53(49)56)44-26-30-61-59(38-44)65(58-23-10-11-24-60(58)69-61)46-32-39-31-40(34-46)35-47(65)33-39/h1-30,36-40,46-47H,31-35H2. The maximum absolute atomic E-state index is 6.82. The fourth-order valence-electron chi connectivity index (χ4n) is 14.1. The Morgan fingerprint density at radius 2 is 0.826 bits per heavy atom. The van der Waals surface area contributed by atoms with Crippen LogP contribution in [-0.2, 0) is 5.41 Å². The van der Waals surface area contributed by atoms with E-state index >= 15 is 0 Å². The van der Waals surface area contributed by atoms with Gasteiger partial charge in [0.05, 0.1) is 0 Å². The van der Waals surface area contributed by atoms with Gasteiger partial charge in [0, 0.05) is 33.2 Å². The molecule has 1 aliphatic heterocycles. The quantitative estimate of drug-likeness (QED) is 0.162. The normalized spacial score (nSPS) is 20.9. The van der Waals surface area contributed by atoms with E-state index in [-0.39, 0.29) is 5.41 Å². The van der Waals surface area contributed by atoms with E-state index < -0.39 is 0 Å². The fraction of sp³-hybridized carbons (Fsp3) is 0.154. The highest BCUT2D eigenvalue weighted by atomic mass is 16.5. The third-order valence-corrected chi connectivity index (χ3v) is 16.7. The van der Waals surface area contributed by atoms with Crippen molar-refractivity contribution in [2.45, 2.75) is 37.5 Å². The largest absolute Gasteiger partial charge is 0.457 e. The van der Waals surface area contributed by atoms with Gasteiger partial charge in [0.2, 0.25) is 0 Å². The Morgan fingerprint density at radius 3 is 1.55 bits per heavy atom. The predicted molar refractivity (Wildman–Crippen MR) is 281 cm³/mol. The van der Waals surface area contributed by atoms with Crippen LogP contribution in [0.25, 0.3) is 99.5 Å². The number of hydrogen-bond donors (Lipinski definition) is 0. The maximum Gasteiger partial charge on any atom is 0.164 e. The molecule has 0 unspecified atom stereocenters. The third-order valence-electron chi connectivity index (χ3n) is 16.7. The lowest BCUT2D eigenvalue weighted by Crippen LogP contribution is -2.56. The number of hydrogen-bond acceptors (Lipinski definition) is 4. The van der Waals surface area contributed by atoms with Crippen LogP contribution in [0.5, 0.6) is 11.5 Å². The first-order chi connectivity index (χ1) is 34.1. The van der Waals surface area contributed by atoms with E-state index in [0.717, 1.165) is 56.5 Å². The Kier molecular flexibility index (Phi) is 8.51.